The molecule has 2 aromatic carbocycles. The largest absolute Gasteiger partial charge is 0.383 e. The van der Waals surface area contributed by atoms with Crippen LogP contribution >= 0.6 is 0 Å². The Morgan fingerprint density at radius 2 is 2.05 bits per heavy atom. The highest BCUT2D eigenvalue weighted by atomic mass is 16.1. The molecule has 0 amide bonds. The van der Waals surface area contributed by atoms with Crippen LogP contribution in [0.2, 0.25) is 0 Å². The van der Waals surface area contributed by atoms with Gasteiger partial charge in [0, 0.05) is 12.1 Å². The fourth-order valence-corrected chi connectivity index (χ4v) is 2.36. The summed E-state index contributed by atoms with van der Waals surface area (Å²) in [5, 5.41) is 12.5. The summed E-state index contributed by atoms with van der Waals surface area (Å²) in [5.74, 6) is 0.312. The van der Waals surface area contributed by atoms with Crippen LogP contribution in [0.15, 0.2) is 42.5 Å². The molecule has 0 aliphatic rings. The average Bonchev–Trinajstić information content (AvgIpc) is 2.52. The van der Waals surface area contributed by atoms with Crippen molar-refractivity contribution < 1.29 is 4.79 Å². The molecule has 0 bridgehead atoms. The molecular weight excluding hydrogens is 272 g/mol. The van der Waals surface area contributed by atoms with E-state index in [1.807, 2.05) is 0 Å². The standard InChI is InChI=1S/C19H20N2O/c1-13-5-4-6-16(9-13)14(2)12-21-19-10-17(15(3)22)7-8-18(19)11-20/h4-10,14,21H,12H2,1-3H3. The number of hydrogen-bond acceptors (Lipinski definition) is 3. The summed E-state index contributed by atoms with van der Waals surface area (Å²) in [5.41, 5.74) is 4.38. The number of carbonyl (C=O) groups is 1. The van der Waals surface area contributed by atoms with Gasteiger partial charge in [-0.2, -0.15) is 5.26 Å². The molecule has 1 atom stereocenters. The van der Waals surface area contributed by atoms with Crippen LogP contribution < -0.4 is 5.32 Å². The van der Waals surface area contributed by atoms with E-state index in [-0.39, 0.29) is 5.78 Å². The van der Waals surface area contributed by atoms with Crippen LogP contribution in [0.25, 0.3) is 0 Å². The molecule has 2 aromatic rings. The molecule has 0 aromatic heterocycles. The van der Waals surface area contributed by atoms with Crippen LogP contribution in [-0.2, 0) is 0 Å². The molecule has 1 unspecified atom stereocenters. The minimum atomic E-state index is -0.000674. The van der Waals surface area contributed by atoms with Crippen molar-refractivity contribution in [3.8, 4) is 6.07 Å². The lowest BCUT2D eigenvalue weighted by atomic mass is 9.99. The fraction of sp³-hybridized carbons (Fsp3) is 0.263. The van der Waals surface area contributed by atoms with E-state index in [9.17, 15) is 10.1 Å². The molecule has 0 aliphatic heterocycles. The number of hydrogen-bond donors (Lipinski definition) is 1. The first-order valence-corrected chi connectivity index (χ1v) is 7.36. The van der Waals surface area contributed by atoms with Crippen LogP contribution in [0.5, 0.6) is 0 Å². The summed E-state index contributed by atoms with van der Waals surface area (Å²) in [7, 11) is 0. The second-order valence-corrected chi connectivity index (χ2v) is 5.62. The summed E-state index contributed by atoms with van der Waals surface area (Å²) >= 11 is 0. The molecule has 0 saturated carbocycles. The van der Waals surface area contributed by atoms with Gasteiger partial charge in [-0.05, 0) is 43.5 Å². The van der Waals surface area contributed by atoms with Gasteiger partial charge in [-0.1, -0.05) is 36.8 Å². The molecule has 0 spiro atoms. The van der Waals surface area contributed by atoms with Crippen molar-refractivity contribution in [1.29, 1.82) is 5.26 Å². The summed E-state index contributed by atoms with van der Waals surface area (Å²) in [4.78, 5) is 11.5. The Morgan fingerprint density at radius 3 is 2.68 bits per heavy atom. The van der Waals surface area contributed by atoms with E-state index in [0.717, 1.165) is 5.69 Å². The molecule has 2 rings (SSSR count). The van der Waals surface area contributed by atoms with E-state index < -0.39 is 0 Å². The zero-order valence-electron chi connectivity index (χ0n) is 13.2. The zero-order valence-corrected chi connectivity index (χ0v) is 13.2. The number of Topliss-reactive ketones (excluding diaryl/α,β-unsaturated/α-hetero) is 1. The first kappa shape index (κ1) is 15.8. The molecule has 0 fully saturated rings. The van der Waals surface area contributed by atoms with Crippen molar-refractivity contribution in [2.24, 2.45) is 0 Å². The summed E-state index contributed by atoms with van der Waals surface area (Å²) in [6, 6.07) is 15.7. The Morgan fingerprint density at radius 1 is 1.27 bits per heavy atom. The predicted octanol–water partition coefficient (Wildman–Crippen LogP) is 4.28. The number of nitrogens with one attached hydrogen (secondary N) is 1. The summed E-state index contributed by atoms with van der Waals surface area (Å²) < 4.78 is 0. The van der Waals surface area contributed by atoms with Crippen LogP contribution in [0.3, 0.4) is 0 Å². The van der Waals surface area contributed by atoms with Gasteiger partial charge in [0.1, 0.15) is 6.07 Å². The second kappa shape index (κ2) is 6.91. The topological polar surface area (TPSA) is 52.9 Å². The third-order valence-electron chi connectivity index (χ3n) is 3.76. The SMILES string of the molecule is CC(=O)c1ccc(C#N)c(NCC(C)c2cccc(C)c2)c1. The Hall–Kier alpha value is -2.60. The van der Waals surface area contributed by atoms with E-state index in [1.54, 1.807) is 18.2 Å². The van der Waals surface area contributed by atoms with Gasteiger partial charge >= 0.3 is 0 Å². The zero-order chi connectivity index (χ0) is 16.1. The molecule has 22 heavy (non-hydrogen) atoms. The highest BCUT2D eigenvalue weighted by Gasteiger charge is 2.09. The third kappa shape index (κ3) is 3.73. The van der Waals surface area contributed by atoms with E-state index >= 15 is 0 Å². The van der Waals surface area contributed by atoms with Gasteiger partial charge in [-0.15, -0.1) is 0 Å². The number of nitrogens with zero attached hydrogens (tertiary/aromatic N) is 1. The normalized spacial score (nSPS) is 11.5. The highest BCUT2D eigenvalue weighted by Crippen LogP contribution is 2.21. The maximum absolute atomic E-state index is 11.5. The van der Waals surface area contributed by atoms with Crippen molar-refractivity contribution in [2.75, 3.05) is 11.9 Å². The van der Waals surface area contributed by atoms with E-state index in [2.05, 4.69) is 49.5 Å². The van der Waals surface area contributed by atoms with Crippen LogP contribution in [0.4, 0.5) is 5.69 Å². The number of anilines is 1. The van der Waals surface area contributed by atoms with Crippen molar-refractivity contribution in [3.05, 3.63) is 64.7 Å². The lowest BCUT2D eigenvalue weighted by molar-refractivity contribution is 0.101. The van der Waals surface area contributed by atoms with E-state index in [4.69, 9.17) is 0 Å². The molecule has 112 valence electrons. The maximum Gasteiger partial charge on any atom is 0.159 e. The number of carbonyl (C=O) groups excluding carboxylic acids is 1. The molecule has 1 N–H and O–H groups in total. The average molecular weight is 292 g/mol. The van der Waals surface area contributed by atoms with Gasteiger partial charge in [0.25, 0.3) is 0 Å². The van der Waals surface area contributed by atoms with Gasteiger partial charge in [-0.25, -0.2) is 0 Å². The van der Waals surface area contributed by atoms with Crippen molar-refractivity contribution in [2.45, 2.75) is 26.7 Å². The minimum absolute atomic E-state index is 0.000674. The minimum Gasteiger partial charge on any atom is -0.383 e. The predicted molar refractivity (Wildman–Crippen MR) is 89.2 cm³/mol. The Bertz CT molecular complexity index is 728. The molecule has 0 heterocycles. The van der Waals surface area contributed by atoms with Gasteiger partial charge in [-0.3, -0.25) is 4.79 Å². The molecule has 3 nitrogen and oxygen atoms in total. The monoisotopic (exact) mass is 292 g/mol. The van der Waals surface area contributed by atoms with Gasteiger partial charge in [0.05, 0.1) is 11.3 Å². The number of aryl methyl sites for hydroxylation is 1. The molecule has 0 aliphatic carbocycles. The number of rotatable bonds is 5. The summed E-state index contributed by atoms with van der Waals surface area (Å²) in [6.45, 7) is 6.45. The van der Waals surface area contributed by atoms with Crippen LogP contribution in [-0.4, -0.2) is 12.3 Å². The first-order chi connectivity index (χ1) is 10.5. The van der Waals surface area contributed by atoms with Crippen molar-refractivity contribution >= 4 is 11.5 Å². The van der Waals surface area contributed by atoms with E-state index in [0.29, 0.717) is 23.6 Å². The maximum atomic E-state index is 11.5. The number of nitriles is 1. The number of ketones is 1. The Kier molecular flexibility index (Phi) is 4.95. The smallest absolute Gasteiger partial charge is 0.159 e. The molecule has 3 heteroatoms. The Balaban J connectivity index is 2.15. The van der Waals surface area contributed by atoms with Gasteiger partial charge in [0.15, 0.2) is 5.78 Å². The van der Waals surface area contributed by atoms with Crippen LogP contribution in [0.1, 0.15) is 46.8 Å². The lowest BCUT2D eigenvalue weighted by Gasteiger charge is -2.16. The third-order valence-corrected chi connectivity index (χ3v) is 3.76. The Labute approximate surface area is 131 Å². The van der Waals surface area contributed by atoms with Crippen LogP contribution in [0, 0.1) is 18.3 Å². The lowest BCUT2D eigenvalue weighted by Crippen LogP contribution is -2.11. The second-order valence-electron chi connectivity index (χ2n) is 5.62. The van der Waals surface area contributed by atoms with Gasteiger partial charge < -0.3 is 5.32 Å². The molecular formula is C19H20N2O. The highest BCUT2D eigenvalue weighted by molar-refractivity contribution is 5.95. The molecule has 0 saturated heterocycles. The summed E-state index contributed by atoms with van der Waals surface area (Å²) in [6.07, 6.45) is 0. The molecule has 0 radical (unpaired) electrons. The first-order valence-electron chi connectivity index (χ1n) is 7.36. The van der Waals surface area contributed by atoms with E-state index in [1.165, 1.54) is 18.1 Å². The number of benzene rings is 2. The van der Waals surface area contributed by atoms with Crippen molar-refractivity contribution in [3.63, 3.8) is 0 Å². The van der Waals surface area contributed by atoms with Crippen molar-refractivity contribution in [1.82, 2.24) is 0 Å². The fourth-order valence-electron chi connectivity index (χ4n) is 2.36. The van der Waals surface area contributed by atoms with Gasteiger partial charge in [0.2, 0.25) is 0 Å². The quantitative estimate of drug-likeness (QED) is 0.837.